The molecule has 5 nitrogen and oxygen atoms in total. The molecule has 0 heterocycles. The van der Waals surface area contributed by atoms with Crippen molar-refractivity contribution in [2.75, 3.05) is 11.1 Å². The molecule has 1 atom stereocenters. The number of nitrogens with zero attached hydrogens (tertiary/aromatic N) is 1. The quantitative estimate of drug-likeness (QED) is 0.634. The minimum absolute atomic E-state index is 0.138. The maximum Gasteiger partial charge on any atom is 0.317 e. The first-order chi connectivity index (χ1) is 12.0. The highest BCUT2D eigenvalue weighted by Gasteiger charge is 2.18. The molecule has 128 valence electrons. The third kappa shape index (κ3) is 5.66. The van der Waals surface area contributed by atoms with Crippen LogP contribution in [0.25, 0.3) is 0 Å². The first-order valence-electron chi connectivity index (χ1n) is 7.68. The molecule has 0 bridgehead atoms. The van der Waals surface area contributed by atoms with Crippen LogP contribution in [-0.4, -0.2) is 23.7 Å². The van der Waals surface area contributed by atoms with Crippen molar-refractivity contribution in [3.05, 3.63) is 59.7 Å². The third-order valence-electron chi connectivity index (χ3n) is 3.40. The topological polar surface area (TPSA) is 79.2 Å². The van der Waals surface area contributed by atoms with Crippen LogP contribution in [0.5, 0.6) is 0 Å². The minimum Gasteiger partial charge on any atom is -0.452 e. The second-order valence-electron chi connectivity index (χ2n) is 5.36. The lowest BCUT2D eigenvalue weighted by molar-refractivity contribution is -0.150. The molecule has 0 aliphatic carbocycles. The van der Waals surface area contributed by atoms with E-state index < -0.39 is 18.0 Å². The predicted octanol–water partition coefficient (Wildman–Crippen LogP) is 3.53. The molecule has 2 aromatic carbocycles. The number of amides is 1. The number of nitrogens with one attached hydrogen (secondary N) is 1. The van der Waals surface area contributed by atoms with Gasteiger partial charge in [0.2, 0.25) is 0 Å². The largest absolute Gasteiger partial charge is 0.452 e. The van der Waals surface area contributed by atoms with E-state index in [1.54, 1.807) is 24.3 Å². The lowest BCUT2D eigenvalue weighted by atomic mass is 10.2. The van der Waals surface area contributed by atoms with Crippen LogP contribution in [0.15, 0.2) is 53.4 Å². The summed E-state index contributed by atoms with van der Waals surface area (Å²) in [6.07, 6.45) is -0.902. The molecule has 25 heavy (non-hydrogen) atoms. The molecule has 2 aromatic rings. The number of carbonyl (C=O) groups is 2. The smallest absolute Gasteiger partial charge is 0.317 e. The van der Waals surface area contributed by atoms with E-state index >= 15 is 0 Å². The van der Waals surface area contributed by atoms with E-state index in [0.717, 1.165) is 10.5 Å². The van der Waals surface area contributed by atoms with E-state index in [9.17, 15) is 9.59 Å². The van der Waals surface area contributed by atoms with Gasteiger partial charge < -0.3 is 10.1 Å². The average molecular weight is 354 g/mol. The Hall–Kier alpha value is -2.78. The second kappa shape index (κ2) is 8.90. The van der Waals surface area contributed by atoms with Crippen LogP contribution in [0.3, 0.4) is 0 Å². The van der Waals surface area contributed by atoms with Gasteiger partial charge in [-0.2, -0.15) is 5.26 Å². The van der Waals surface area contributed by atoms with Gasteiger partial charge in [-0.3, -0.25) is 9.59 Å². The second-order valence-corrected chi connectivity index (χ2v) is 6.38. The highest BCUT2D eigenvalue weighted by Crippen LogP contribution is 2.22. The van der Waals surface area contributed by atoms with Gasteiger partial charge in [-0.05, 0) is 49.7 Å². The predicted molar refractivity (Wildman–Crippen MR) is 97.2 cm³/mol. The van der Waals surface area contributed by atoms with E-state index in [2.05, 4.69) is 5.32 Å². The molecule has 2 rings (SSSR count). The van der Waals surface area contributed by atoms with Crippen LogP contribution < -0.4 is 5.32 Å². The Balaban J connectivity index is 1.82. The molecule has 0 saturated heterocycles. The Morgan fingerprint density at radius 2 is 1.88 bits per heavy atom. The van der Waals surface area contributed by atoms with Crippen LogP contribution in [0.2, 0.25) is 0 Å². The zero-order valence-corrected chi connectivity index (χ0v) is 14.8. The third-order valence-corrected chi connectivity index (χ3v) is 4.55. The van der Waals surface area contributed by atoms with Crippen molar-refractivity contribution in [3.8, 4) is 6.07 Å². The van der Waals surface area contributed by atoms with E-state index in [4.69, 9.17) is 10.00 Å². The fraction of sp³-hybridized carbons (Fsp3) is 0.211. The molecule has 1 amide bonds. The highest BCUT2D eigenvalue weighted by molar-refractivity contribution is 8.00. The Bertz CT molecular complexity index is 797. The fourth-order valence-electron chi connectivity index (χ4n) is 2.01. The maximum atomic E-state index is 12.1. The van der Waals surface area contributed by atoms with Gasteiger partial charge in [0.05, 0.1) is 17.4 Å². The molecule has 1 N–H and O–H groups in total. The molecule has 6 heteroatoms. The summed E-state index contributed by atoms with van der Waals surface area (Å²) in [5, 5.41) is 11.4. The SMILES string of the molecule is Cc1ccccc1SCC(=O)O[C@H](C)C(=O)Nc1ccc(C#N)cc1. The summed E-state index contributed by atoms with van der Waals surface area (Å²) in [5.74, 6) is -0.728. The summed E-state index contributed by atoms with van der Waals surface area (Å²) in [5.41, 5.74) is 2.14. The first-order valence-corrected chi connectivity index (χ1v) is 8.67. The first kappa shape index (κ1) is 18.6. The van der Waals surface area contributed by atoms with Crippen molar-refractivity contribution in [3.63, 3.8) is 0 Å². The molecular formula is C19H18N2O3S. The summed E-state index contributed by atoms with van der Waals surface area (Å²) in [6, 6.07) is 16.2. The van der Waals surface area contributed by atoms with Crippen LogP contribution in [0.4, 0.5) is 5.69 Å². The highest BCUT2D eigenvalue weighted by atomic mass is 32.2. The number of carbonyl (C=O) groups excluding carboxylic acids is 2. The monoisotopic (exact) mass is 354 g/mol. The van der Waals surface area contributed by atoms with Gasteiger partial charge in [0.15, 0.2) is 6.10 Å². The number of ether oxygens (including phenoxy) is 1. The fourth-order valence-corrected chi connectivity index (χ4v) is 2.82. The maximum absolute atomic E-state index is 12.1. The van der Waals surface area contributed by atoms with Gasteiger partial charge in [-0.1, -0.05) is 18.2 Å². The lowest BCUT2D eigenvalue weighted by Crippen LogP contribution is -2.30. The van der Waals surface area contributed by atoms with Gasteiger partial charge in [0, 0.05) is 10.6 Å². The average Bonchev–Trinajstić information content (AvgIpc) is 2.61. The van der Waals surface area contributed by atoms with Gasteiger partial charge in [-0.15, -0.1) is 11.8 Å². The Morgan fingerprint density at radius 1 is 1.20 bits per heavy atom. The van der Waals surface area contributed by atoms with Crippen molar-refractivity contribution >= 4 is 29.3 Å². The van der Waals surface area contributed by atoms with Crippen molar-refractivity contribution in [2.24, 2.45) is 0 Å². The summed E-state index contributed by atoms with van der Waals surface area (Å²) in [7, 11) is 0. The van der Waals surface area contributed by atoms with Gasteiger partial charge >= 0.3 is 5.97 Å². The number of rotatable bonds is 6. The number of thioether (sulfide) groups is 1. The van der Waals surface area contributed by atoms with Crippen LogP contribution >= 0.6 is 11.8 Å². The number of anilines is 1. The molecular weight excluding hydrogens is 336 g/mol. The number of esters is 1. The van der Waals surface area contributed by atoms with Crippen molar-refractivity contribution in [2.45, 2.75) is 24.8 Å². The number of nitriles is 1. The van der Waals surface area contributed by atoms with Crippen molar-refractivity contribution in [1.29, 1.82) is 5.26 Å². The summed E-state index contributed by atoms with van der Waals surface area (Å²) in [6.45, 7) is 3.50. The molecule has 0 spiro atoms. The van der Waals surface area contributed by atoms with Gasteiger partial charge in [-0.25, -0.2) is 0 Å². The Morgan fingerprint density at radius 3 is 2.52 bits per heavy atom. The molecule has 0 unspecified atom stereocenters. The van der Waals surface area contributed by atoms with Gasteiger partial charge in [0.25, 0.3) is 5.91 Å². The standard InChI is InChI=1S/C19H18N2O3S/c1-13-5-3-4-6-17(13)25-12-18(22)24-14(2)19(23)21-16-9-7-15(11-20)8-10-16/h3-10,14H,12H2,1-2H3,(H,21,23)/t14-/m1/s1. The summed E-state index contributed by atoms with van der Waals surface area (Å²) in [4.78, 5) is 25.0. The molecule has 0 fully saturated rings. The number of hydrogen-bond donors (Lipinski definition) is 1. The van der Waals surface area contributed by atoms with E-state index in [0.29, 0.717) is 11.3 Å². The number of benzene rings is 2. The molecule has 0 radical (unpaired) electrons. The zero-order valence-electron chi connectivity index (χ0n) is 14.0. The van der Waals surface area contributed by atoms with E-state index in [-0.39, 0.29) is 5.75 Å². The van der Waals surface area contributed by atoms with Gasteiger partial charge in [0.1, 0.15) is 0 Å². The zero-order chi connectivity index (χ0) is 18.2. The Kier molecular flexibility index (Phi) is 6.61. The van der Waals surface area contributed by atoms with Crippen LogP contribution in [-0.2, 0) is 14.3 Å². The minimum atomic E-state index is -0.902. The Labute approximate surface area is 151 Å². The van der Waals surface area contributed by atoms with Crippen molar-refractivity contribution < 1.29 is 14.3 Å². The number of hydrogen-bond acceptors (Lipinski definition) is 5. The van der Waals surface area contributed by atoms with Crippen LogP contribution in [0.1, 0.15) is 18.1 Å². The van der Waals surface area contributed by atoms with Crippen molar-refractivity contribution in [1.82, 2.24) is 0 Å². The van der Waals surface area contributed by atoms with E-state index in [1.807, 2.05) is 37.3 Å². The summed E-state index contributed by atoms with van der Waals surface area (Å²) < 4.78 is 5.17. The molecule has 0 saturated carbocycles. The molecule has 0 aromatic heterocycles. The summed E-state index contributed by atoms with van der Waals surface area (Å²) >= 11 is 1.38. The van der Waals surface area contributed by atoms with E-state index in [1.165, 1.54) is 18.7 Å². The normalized spacial score (nSPS) is 11.2. The molecule has 0 aliphatic heterocycles. The lowest BCUT2D eigenvalue weighted by Gasteiger charge is -2.13. The molecule has 0 aliphatic rings. The number of aryl methyl sites for hydroxylation is 1. The van der Waals surface area contributed by atoms with Crippen LogP contribution in [0, 0.1) is 18.3 Å².